The summed E-state index contributed by atoms with van der Waals surface area (Å²) in [6.07, 6.45) is 0.566. The molecule has 1 fully saturated rings. The summed E-state index contributed by atoms with van der Waals surface area (Å²) in [7, 11) is 0. The number of piperidine rings is 1. The van der Waals surface area contributed by atoms with E-state index in [4.69, 9.17) is 22.0 Å². The summed E-state index contributed by atoms with van der Waals surface area (Å²) in [5.74, 6) is -1.32. The fourth-order valence-corrected chi connectivity index (χ4v) is 2.80. The molecule has 2 unspecified atom stereocenters. The van der Waals surface area contributed by atoms with Crippen LogP contribution in [0.2, 0.25) is 5.02 Å². The number of halogens is 1. The summed E-state index contributed by atoms with van der Waals surface area (Å²) in [4.78, 5) is 24.9. The summed E-state index contributed by atoms with van der Waals surface area (Å²) < 4.78 is 0. The first-order chi connectivity index (χ1) is 10.4. The quantitative estimate of drug-likeness (QED) is 0.875. The number of carboxylic acids is 1. The van der Waals surface area contributed by atoms with Gasteiger partial charge in [0.05, 0.1) is 28.3 Å². The van der Waals surface area contributed by atoms with Crippen LogP contribution in [0.4, 0.5) is 10.5 Å². The number of nitriles is 1. The van der Waals surface area contributed by atoms with Crippen molar-refractivity contribution < 1.29 is 14.7 Å². The predicted molar refractivity (Wildman–Crippen MR) is 81.7 cm³/mol. The molecule has 6 nitrogen and oxygen atoms in total. The lowest BCUT2D eigenvalue weighted by Crippen LogP contribution is -2.47. The number of likely N-dealkylation sites (tertiary alicyclic amines) is 1. The van der Waals surface area contributed by atoms with Gasteiger partial charge in [0.1, 0.15) is 0 Å². The van der Waals surface area contributed by atoms with Crippen molar-refractivity contribution in [2.24, 2.45) is 11.8 Å². The lowest BCUT2D eigenvalue weighted by Gasteiger charge is -2.34. The number of carboxylic acid groups (broad SMARTS) is 1. The number of anilines is 1. The summed E-state index contributed by atoms with van der Waals surface area (Å²) >= 11 is 6.02. The number of amides is 2. The average Bonchev–Trinajstić information content (AvgIpc) is 2.48. The van der Waals surface area contributed by atoms with E-state index in [9.17, 15) is 9.59 Å². The Kier molecular flexibility index (Phi) is 4.88. The number of rotatable bonds is 2. The topological polar surface area (TPSA) is 93.4 Å². The predicted octanol–water partition coefficient (Wildman–Crippen LogP) is 2.79. The van der Waals surface area contributed by atoms with Crippen LogP contribution in [-0.2, 0) is 4.79 Å². The Morgan fingerprint density at radius 2 is 2.18 bits per heavy atom. The van der Waals surface area contributed by atoms with Gasteiger partial charge in [0.2, 0.25) is 0 Å². The third-order valence-electron chi connectivity index (χ3n) is 3.64. The van der Waals surface area contributed by atoms with Gasteiger partial charge in [-0.05, 0) is 30.5 Å². The minimum Gasteiger partial charge on any atom is -0.481 e. The molecule has 1 heterocycles. The van der Waals surface area contributed by atoms with E-state index in [1.54, 1.807) is 12.1 Å². The number of hydrogen-bond donors (Lipinski definition) is 2. The summed E-state index contributed by atoms with van der Waals surface area (Å²) in [5, 5.41) is 20.9. The van der Waals surface area contributed by atoms with E-state index in [2.05, 4.69) is 5.32 Å². The van der Waals surface area contributed by atoms with Gasteiger partial charge >= 0.3 is 12.0 Å². The number of nitrogens with zero attached hydrogens (tertiary/aromatic N) is 2. The molecular formula is C15H16ClN3O3. The van der Waals surface area contributed by atoms with Crippen LogP contribution >= 0.6 is 11.6 Å². The molecule has 2 amide bonds. The van der Waals surface area contributed by atoms with Crippen molar-refractivity contribution in [3.8, 4) is 6.07 Å². The van der Waals surface area contributed by atoms with E-state index in [1.165, 1.54) is 11.0 Å². The Balaban J connectivity index is 2.08. The van der Waals surface area contributed by atoms with Gasteiger partial charge in [0.15, 0.2) is 0 Å². The first-order valence-electron chi connectivity index (χ1n) is 6.89. The minimum atomic E-state index is -0.888. The Morgan fingerprint density at radius 3 is 2.77 bits per heavy atom. The molecule has 0 radical (unpaired) electrons. The molecular weight excluding hydrogens is 306 g/mol. The Morgan fingerprint density at radius 1 is 1.45 bits per heavy atom. The Bertz CT molecular complexity index is 641. The molecule has 1 aliphatic rings. The molecule has 2 rings (SSSR count). The molecule has 0 spiro atoms. The van der Waals surface area contributed by atoms with E-state index in [-0.39, 0.29) is 23.5 Å². The lowest BCUT2D eigenvalue weighted by atomic mass is 9.91. The standard InChI is InChI=1S/C15H16ClN3O3/c1-9-4-11(14(20)21)8-19(7-9)15(22)18-13-3-2-10(6-17)5-12(13)16/h2-3,5,9,11H,4,7-8H2,1H3,(H,18,22)(H,20,21). The number of carbonyl (C=O) groups excluding carboxylic acids is 1. The highest BCUT2D eigenvalue weighted by atomic mass is 35.5. The highest BCUT2D eigenvalue weighted by Gasteiger charge is 2.32. The van der Waals surface area contributed by atoms with Crippen LogP contribution in [0.25, 0.3) is 0 Å². The van der Waals surface area contributed by atoms with Gasteiger partial charge in [0.25, 0.3) is 0 Å². The highest BCUT2D eigenvalue weighted by molar-refractivity contribution is 6.33. The zero-order valence-electron chi connectivity index (χ0n) is 12.0. The summed E-state index contributed by atoms with van der Waals surface area (Å²) in [5.41, 5.74) is 0.802. The normalized spacial score (nSPS) is 21.0. The molecule has 2 atom stereocenters. The van der Waals surface area contributed by atoms with E-state index in [0.29, 0.717) is 24.2 Å². The number of benzene rings is 1. The van der Waals surface area contributed by atoms with Gasteiger partial charge < -0.3 is 15.3 Å². The maximum atomic E-state index is 12.3. The van der Waals surface area contributed by atoms with Gasteiger partial charge in [0, 0.05) is 13.1 Å². The second-order valence-electron chi connectivity index (χ2n) is 5.52. The zero-order chi connectivity index (χ0) is 16.3. The van der Waals surface area contributed by atoms with Crippen LogP contribution in [-0.4, -0.2) is 35.1 Å². The molecule has 2 N–H and O–H groups in total. The van der Waals surface area contributed by atoms with Crippen LogP contribution in [0.5, 0.6) is 0 Å². The van der Waals surface area contributed by atoms with Gasteiger partial charge in [-0.25, -0.2) is 4.79 Å². The van der Waals surface area contributed by atoms with Crippen molar-refractivity contribution in [2.75, 3.05) is 18.4 Å². The molecule has 1 saturated heterocycles. The van der Waals surface area contributed by atoms with E-state index >= 15 is 0 Å². The Hall–Kier alpha value is -2.26. The zero-order valence-corrected chi connectivity index (χ0v) is 12.8. The first kappa shape index (κ1) is 16.1. The van der Waals surface area contributed by atoms with Crippen molar-refractivity contribution in [3.63, 3.8) is 0 Å². The molecule has 7 heteroatoms. The fourth-order valence-electron chi connectivity index (χ4n) is 2.58. The average molecular weight is 322 g/mol. The van der Waals surface area contributed by atoms with E-state index < -0.39 is 11.9 Å². The molecule has 0 aliphatic carbocycles. The molecule has 1 aromatic carbocycles. The van der Waals surface area contributed by atoms with Gasteiger partial charge in [-0.15, -0.1) is 0 Å². The second kappa shape index (κ2) is 6.67. The molecule has 1 aromatic rings. The van der Waals surface area contributed by atoms with Crippen molar-refractivity contribution in [2.45, 2.75) is 13.3 Å². The highest BCUT2D eigenvalue weighted by Crippen LogP contribution is 2.25. The summed E-state index contributed by atoms with van der Waals surface area (Å²) in [6.45, 7) is 2.60. The maximum Gasteiger partial charge on any atom is 0.321 e. The van der Waals surface area contributed by atoms with Crippen LogP contribution in [0.1, 0.15) is 18.9 Å². The van der Waals surface area contributed by atoms with Gasteiger partial charge in [-0.3, -0.25) is 4.79 Å². The van der Waals surface area contributed by atoms with Crippen molar-refractivity contribution in [1.29, 1.82) is 5.26 Å². The van der Waals surface area contributed by atoms with Crippen LogP contribution < -0.4 is 5.32 Å². The van der Waals surface area contributed by atoms with Gasteiger partial charge in [-0.1, -0.05) is 18.5 Å². The number of urea groups is 1. The van der Waals surface area contributed by atoms with Crippen LogP contribution in [0.3, 0.4) is 0 Å². The molecule has 116 valence electrons. The minimum absolute atomic E-state index is 0.122. The van der Waals surface area contributed by atoms with Crippen molar-refractivity contribution in [1.82, 2.24) is 4.90 Å². The monoisotopic (exact) mass is 321 g/mol. The fraction of sp³-hybridized carbons (Fsp3) is 0.400. The third kappa shape index (κ3) is 3.68. The molecule has 0 bridgehead atoms. The smallest absolute Gasteiger partial charge is 0.321 e. The van der Waals surface area contributed by atoms with Crippen LogP contribution in [0.15, 0.2) is 18.2 Å². The molecule has 0 aromatic heterocycles. The number of aliphatic carboxylic acids is 1. The van der Waals surface area contributed by atoms with Crippen molar-refractivity contribution >= 4 is 29.3 Å². The number of nitrogens with one attached hydrogen (secondary N) is 1. The third-order valence-corrected chi connectivity index (χ3v) is 3.95. The first-order valence-corrected chi connectivity index (χ1v) is 7.27. The largest absolute Gasteiger partial charge is 0.481 e. The lowest BCUT2D eigenvalue weighted by molar-refractivity contribution is -0.143. The maximum absolute atomic E-state index is 12.3. The SMILES string of the molecule is CC1CC(C(=O)O)CN(C(=O)Nc2ccc(C#N)cc2Cl)C1. The molecule has 0 saturated carbocycles. The Labute approximate surface area is 133 Å². The second-order valence-corrected chi connectivity index (χ2v) is 5.92. The van der Waals surface area contributed by atoms with Crippen molar-refractivity contribution in [3.05, 3.63) is 28.8 Å². The molecule has 22 heavy (non-hydrogen) atoms. The molecule has 1 aliphatic heterocycles. The van der Waals surface area contributed by atoms with Crippen LogP contribution in [0, 0.1) is 23.2 Å². The van der Waals surface area contributed by atoms with E-state index in [1.807, 2.05) is 13.0 Å². The summed E-state index contributed by atoms with van der Waals surface area (Å²) in [6, 6.07) is 6.16. The van der Waals surface area contributed by atoms with E-state index in [0.717, 1.165) is 0 Å². The number of carbonyl (C=O) groups is 2. The van der Waals surface area contributed by atoms with Gasteiger partial charge in [-0.2, -0.15) is 5.26 Å². The number of hydrogen-bond acceptors (Lipinski definition) is 3.